The van der Waals surface area contributed by atoms with Crippen LogP contribution in [0.5, 0.6) is 0 Å². The predicted octanol–water partition coefficient (Wildman–Crippen LogP) is 4.62. The first-order valence-corrected chi connectivity index (χ1v) is 8.72. The van der Waals surface area contributed by atoms with Crippen molar-refractivity contribution in [1.29, 1.82) is 0 Å². The number of halogens is 1. The minimum absolute atomic E-state index is 0.126. The van der Waals surface area contributed by atoms with E-state index in [9.17, 15) is 14.0 Å². The lowest BCUT2D eigenvalue weighted by Crippen LogP contribution is -2.24. The van der Waals surface area contributed by atoms with Crippen molar-refractivity contribution in [2.24, 2.45) is 0 Å². The quantitative estimate of drug-likeness (QED) is 0.560. The molecule has 0 N–H and O–H groups in total. The Balaban J connectivity index is 2.05. The van der Waals surface area contributed by atoms with Gasteiger partial charge in [0.25, 0.3) is 0 Å². The van der Waals surface area contributed by atoms with Crippen molar-refractivity contribution in [2.75, 3.05) is 0 Å². The zero-order valence-electron chi connectivity index (χ0n) is 15.8. The zero-order valence-corrected chi connectivity index (χ0v) is 15.8. The lowest BCUT2D eigenvalue weighted by molar-refractivity contribution is -0.153. The summed E-state index contributed by atoms with van der Waals surface area (Å²) in [6.45, 7) is 7.23. The first-order chi connectivity index (χ1) is 12.2. The minimum Gasteiger partial charge on any atom is -0.460 e. The lowest BCUT2D eigenvalue weighted by atomic mass is 9.98. The maximum atomic E-state index is 14.4. The van der Waals surface area contributed by atoms with E-state index >= 15 is 0 Å². The number of rotatable bonds is 6. The van der Waals surface area contributed by atoms with Crippen molar-refractivity contribution in [3.05, 3.63) is 70.0 Å². The number of benzene rings is 2. The molecule has 138 valence electrons. The second kappa shape index (κ2) is 8.26. The van der Waals surface area contributed by atoms with E-state index in [0.717, 1.165) is 11.1 Å². The summed E-state index contributed by atoms with van der Waals surface area (Å²) in [7, 11) is 0. The monoisotopic (exact) mass is 356 g/mol. The van der Waals surface area contributed by atoms with Gasteiger partial charge in [-0.05, 0) is 62.8 Å². The molecule has 0 saturated carbocycles. The summed E-state index contributed by atoms with van der Waals surface area (Å²) in [4.78, 5) is 23.0. The Morgan fingerprint density at radius 2 is 1.81 bits per heavy atom. The third-order valence-electron chi connectivity index (χ3n) is 4.04. The topological polar surface area (TPSA) is 43.4 Å². The van der Waals surface area contributed by atoms with Gasteiger partial charge in [-0.25, -0.2) is 4.39 Å². The molecule has 0 aliphatic carbocycles. The van der Waals surface area contributed by atoms with E-state index in [2.05, 4.69) is 0 Å². The maximum absolute atomic E-state index is 14.4. The molecule has 0 heterocycles. The van der Waals surface area contributed by atoms with Crippen molar-refractivity contribution in [2.45, 2.75) is 52.6 Å². The zero-order chi connectivity index (χ0) is 19.3. The number of hydrogen-bond acceptors (Lipinski definition) is 3. The second-order valence-corrected chi connectivity index (χ2v) is 7.47. The van der Waals surface area contributed by atoms with Gasteiger partial charge in [-0.15, -0.1) is 0 Å². The third kappa shape index (κ3) is 5.51. The highest BCUT2D eigenvalue weighted by molar-refractivity contribution is 5.78. The van der Waals surface area contributed by atoms with Crippen molar-refractivity contribution in [1.82, 2.24) is 0 Å². The molecule has 4 heteroatoms. The van der Waals surface area contributed by atoms with E-state index in [-0.39, 0.29) is 18.0 Å². The fraction of sp³-hybridized carbons (Fsp3) is 0.364. The van der Waals surface area contributed by atoms with Crippen molar-refractivity contribution in [3.63, 3.8) is 0 Å². The van der Waals surface area contributed by atoms with Crippen molar-refractivity contribution in [3.8, 4) is 0 Å². The van der Waals surface area contributed by atoms with E-state index in [4.69, 9.17) is 4.74 Å². The molecule has 2 aromatic rings. The first kappa shape index (κ1) is 19.8. The molecule has 0 radical (unpaired) electrons. The number of esters is 1. The Morgan fingerprint density at radius 3 is 2.46 bits per heavy atom. The summed E-state index contributed by atoms with van der Waals surface area (Å²) in [5.74, 6) is -0.709. The standard InChI is InChI=1S/C22H25FO3/c1-15-8-10-18(21(23)19(15)14-24)11-9-16-6-5-7-17(12-16)13-20(25)26-22(2,3)4/h5-8,10,12,14H,9,11,13H2,1-4H3. The normalized spacial score (nSPS) is 11.3. The van der Waals surface area contributed by atoms with Crippen LogP contribution in [0.4, 0.5) is 4.39 Å². The van der Waals surface area contributed by atoms with Gasteiger partial charge in [0.05, 0.1) is 12.0 Å². The maximum Gasteiger partial charge on any atom is 0.310 e. The Labute approximate surface area is 154 Å². The second-order valence-electron chi connectivity index (χ2n) is 7.47. The van der Waals surface area contributed by atoms with Gasteiger partial charge in [-0.1, -0.05) is 36.4 Å². The van der Waals surface area contributed by atoms with Crippen LogP contribution in [0.3, 0.4) is 0 Å². The fourth-order valence-corrected chi connectivity index (χ4v) is 2.79. The van der Waals surface area contributed by atoms with Gasteiger partial charge in [-0.2, -0.15) is 0 Å². The first-order valence-electron chi connectivity index (χ1n) is 8.72. The highest BCUT2D eigenvalue weighted by Crippen LogP contribution is 2.18. The molecule has 0 saturated heterocycles. The molecule has 26 heavy (non-hydrogen) atoms. The summed E-state index contributed by atoms with van der Waals surface area (Å²) in [6, 6.07) is 11.1. The van der Waals surface area contributed by atoms with Crippen LogP contribution in [-0.4, -0.2) is 17.9 Å². The SMILES string of the molecule is Cc1ccc(CCc2cccc(CC(=O)OC(C)(C)C)c2)c(F)c1C=O. The molecule has 0 aromatic heterocycles. The highest BCUT2D eigenvalue weighted by atomic mass is 19.1. The van der Waals surface area contributed by atoms with E-state index < -0.39 is 11.4 Å². The molecule has 0 aliphatic rings. The summed E-state index contributed by atoms with van der Waals surface area (Å²) in [5.41, 5.74) is 2.67. The van der Waals surface area contributed by atoms with Gasteiger partial charge in [0, 0.05) is 0 Å². The van der Waals surface area contributed by atoms with Crippen molar-refractivity contribution < 1.29 is 18.7 Å². The summed E-state index contributed by atoms with van der Waals surface area (Å²) in [5, 5.41) is 0. The Morgan fingerprint density at radius 1 is 1.12 bits per heavy atom. The van der Waals surface area contributed by atoms with Crippen LogP contribution in [0.25, 0.3) is 0 Å². The van der Waals surface area contributed by atoms with Crippen LogP contribution in [0.1, 0.15) is 53.4 Å². The molecule has 0 spiro atoms. The van der Waals surface area contributed by atoms with E-state index in [1.54, 1.807) is 19.1 Å². The summed E-state index contributed by atoms with van der Waals surface area (Å²) in [6.07, 6.45) is 1.89. The Hall–Kier alpha value is -2.49. The molecular formula is C22H25FO3. The van der Waals surface area contributed by atoms with Crippen LogP contribution in [0.15, 0.2) is 36.4 Å². The molecule has 0 bridgehead atoms. The highest BCUT2D eigenvalue weighted by Gasteiger charge is 2.16. The molecule has 0 unspecified atom stereocenters. The van der Waals surface area contributed by atoms with Gasteiger partial charge in [0.2, 0.25) is 0 Å². The number of aryl methyl sites for hydroxylation is 3. The number of ether oxygens (including phenoxy) is 1. The van der Waals surface area contributed by atoms with Gasteiger partial charge >= 0.3 is 5.97 Å². The molecule has 3 nitrogen and oxygen atoms in total. The van der Waals surface area contributed by atoms with Crippen LogP contribution in [0, 0.1) is 12.7 Å². The van der Waals surface area contributed by atoms with Crippen LogP contribution >= 0.6 is 0 Å². The molecule has 0 fully saturated rings. The number of carbonyl (C=O) groups excluding carboxylic acids is 2. The largest absolute Gasteiger partial charge is 0.460 e. The fourth-order valence-electron chi connectivity index (χ4n) is 2.79. The smallest absolute Gasteiger partial charge is 0.310 e. The minimum atomic E-state index is -0.506. The average Bonchev–Trinajstić information content (AvgIpc) is 2.53. The van der Waals surface area contributed by atoms with Gasteiger partial charge in [0.1, 0.15) is 11.4 Å². The molecule has 2 rings (SSSR count). The molecule has 0 aliphatic heterocycles. The molecular weight excluding hydrogens is 331 g/mol. The van der Waals surface area contributed by atoms with Crippen LogP contribution in [-0.2, 0) is 28.8 Å². The van der Waals surface area contributed by atoms with E-state index in [1.165, 1.54) is 0 Å². The van der Waals surface area contributed by atoms with Crippen LogP contribution in [0.2, 0.25) is 0 Å². The van der Waals surface area contributed by atoms with Gasteiger partial charge in [-0.3, -0.25) is 9.59 Å². The van der Waals surface area contributed by atoms with E-state index in [1.807, 2.05) is 45.0 Å². The van der Waals surface area contributed by atoms with Gasteiger partial charge in [0.15, 0.2) is 6.29 Å². The Bertz CT molecular complexity index is 804. The third-order valence-corrected chi connectivity index (χ3v) is 4.04. The summed E-state index contributed by atoms with van der Waals surface area (Å²) >= 11 is 0. The lowest BCUT2D eigenvalue weighted by Gasteiger charge is -2.19. The van der Waals surface area contributed by atoms with Gasteiger partial charge < -0.3 is 4.74 Å². The predicted molar refractivity (Wildman–Crippen MR) is 99.9 cm³/mol. The molecule has 0 atom stereocenters. The average molecular weight is 356 g/mol. The Kier molecular flexibility index (Phi) is 6.30. The van der Waals surface area contributed by atoms with Crippen molar-refractivity contribution >= 4 is 12.3 Å². The van der Waals surface area contributed by atoms with Crippen LogP contribution < -0.4 is 0 Å². The number of hydrogen-bond donors (Lipinski definition) is 0. The molecule has 0 amide bonds. The van der Waals surface area contributed by atoms with E-state index in [0.29, 0.717) is 30.3 Å². The number of carbonyl (C=O) groups is 2. The molecule has 2 aromatic carbocycles. The summed E-state index contributed by atoms with van der Waals surface area (Å²) < 4.78 is 19.7. The number of aldehydes is 1.